The summed E-state index contributed by atoms with van der Waals surface area (Å²) in [4.78, 5) is 14.2. The normalized spacial score (nSPS) is 16.5. The first-order chi connectivity index (χ1) is 8.75. The van der Waals surface area contributed by atoms with Crippen molar-refractivity contribution in [3.8, 4) is 0 Å². The number of amides is 1. The topological polar surface area (TPSA) is 32.3 Å². The summed E-state index contributed by atoms with van der Waals surface area (Å²) in [5.41, 5.74) is 0.715. The molecule has 3 nitrogen and oxygen atoms in total. The third-order valence-corrected chi connectivity index (χ3v) is 4.39. The molecule has 18 heavy (non-hydrogen) atoms. The molecule has 1 saturated heterocycles. The molecule has 0 aliphatic carbocycles. The Bertz CT molecular complexity index is 390. The lowest BCUT2D eigenvalue weighted by Crippen LogP contribution is -2.39. The third-order valence-electron chi connectivity index (χ3n) is 2.92. The molecule has 1 N–H and O–H groups in total. The average Bonchev–Trinajstić information content (AvgIpc) is 2.40. The zero-order valence-electron chi connectivity index (χ0n) is 10.2. The molecule has 0 bridgehead atoms. The van der Waals surface area contributed by atoms with Gasteiger partial charge >= 0.3 is 0 Å². The van der Waals surface area contributed by atoms with Crippen LogP contribution in [0.25, 0.3) is 0 Å². The van der Waals surface area contributed by atoms with Crippen molar-refractivity contribution in [2.45, 2.75) is 0 Å². The monoisotopic (exact) mass is 328 g/mol. The lowest BCUT2D eigenvalue weighted by molar-refractivity contribution is 0.0949. The van der Waals surface area contributed by atoms with Gasteiger partial charge in [-0.1, -0.05) is 15.9 Å². The SMILES string of the molecule is O=C(NCCN1CCSCC1)c1ccc(Br)cc1. The van der Waals surface area contributed by atoms with Crippen LogP contribution in [-0.4, -0.2) is 48.5 Å². The molecule has 0 unspecified atom stereocenters. The van der Waals surface area contributed by atoms with Crippen LogP contribution in [0, 0.1) is 0 Å². The van der Waals surface area contributed by atoms with Crippen molar-refractivity contribution in [3.63, 3.8) is 0 Å². The van der Waals surface area contributed by atoms with Crippen molar-refractivity contribution in [1.82, 2.24) is 10.2 Å². The number of rotatable bonds is 4. The first kappa shape index (κ1) is 13.9. The zero-order valence-corrected chi connectivity index (χ0v) is 12.6. The Labute approximate surface area is 120 Å². The van der Waals surface area contributed by atoms with Crippen LogP contribution >= 0.6 is 27.7 Å². The number of carbonyl (C=O) groups is 1. The van der Waals surface area contributed by atoms with E-state index in [4.69, 9.17) is 0 Å². The van der Waals surface area contributed by atoms with Gasteiger partial charge in [0.15, 0.2) is 0 Å². The fourth-order valence-corrected chi connectivity index (χ4v) is 3.10. The average molecular weight is 329 g/mol. The number of thioether (sulfide) groups is 1. The van der Waals surface area contributed by atoms with E-state index >= 15 is 0 Å². The van der Waals surface area contributed by atoms with Gasteiger partial charge < -0.3 is 5.32 Å². The van der Waals surface area contributed by atoms with Crippen molar-refractivity contribution in [1.29, 1.82) is 0 Å². The number of halogens is 1. The molecule has 98 valence electrons. The maximum Gasteiger partial charge on any atom is 0.251 e. The third kappa shape index (κ3) is 4.30. The van der Waals surface area contributed by atoms with Crippen LogP contribution < -0.4 is 5.32 Å². The van der Waals surface area contributed by atoms with Crippen LogP contribution in [0.2, 0.25) is 0 Å². The largest absolute Gasteiger partial charge is 0.351 e. The smallest absolute Gasteiger partial charge is 0.251 e. The predicted octanol–water partition coefficient (Wildman–Crippen LogP) is 2.23. The molecule has 0 atom stereocenters. The molecule has 0 radical (unpaired) electrons. The van der Waals surface area contributed by atoms with Gasteiger partial charge in [-0.2, -0.15) is 11.8 Å². The van der Waals surface area contributed by atoms with E-state index in [9.17, 15) is 4.79 Å². The van der Waals surface area contributed by atoms with Gasteiger partial charge in [-0.15, -0.1) is 0 Å². The molecule has 1 fully saturated rings. The fraction of sp³-hybridized carbons (Fsp3) is 0.462. The summed E-state index contributed by atoms with van der Waals surface area (Å²) in [7, 11) is 0. The Morgan fingerprint density at radius 1 is 1.28 bits per heavy atom. The molecule has 1 amide bonds. The molecule has 1 aromatic rings. The molecule has 1 aromatic carbocycles. The minimum Gasteiger partial charge on any atom is -0.351 e. The quantitative estimate of drug-likeness (QED) is 0.919. The minimum atomic E-state index is 0.00823. The van der Waals surface area contributed by atoms with E-state index in [1.807, 2.05) is 36.0 Å². The molecule has 1 aliphatic rings. The Morgan fingerprint density at radius 3 is 2.61 bits per heavy atom. The summed E-state index contributed by atoms with van der Waals surface area (Å²) in [6, 6.07) is 7.43. The fourth-order valence-electron chi connectivity index (χ4n) is 1.86. The Balaban J connectivity index is 1.72. The first-order valence-electron chi connectivity index (χ1n) is 6.09. The molecule has 0 aromatic heterocycles. The second-order valence-corrected chi connectivity index (χ2v) is 6.36. The van der Waals surface area contributed by atoms with Crippen LogP contribution in [0.1, 0.15) is 10.4 Å². The van der Waals surface area contributed by atoms with Gasteiger partial charge in [0.1, 0.15) is 0 Å². The maximum absolute atomic E-state index is 11.8. The number of nitrogens with zero attached hydrogens (tertiary/aromatic N) is 1. The summed E-state index contributed by atoms with van der Waals surface area (Å²) in [5.74, 6) is 2.43. The van der Waals surface area contributed by atoms with Gasteiger partial charge in [0.05, 0.1) is 0 Å². The van der Waals surface area contributed by atoms with Gasteiger partial charge in [0, 0.05) is 47.7 Å². The first-order valence-corrected chi connectivity index (χ1v) is 8.04. The molecule has 0 spiro atoms. The van der Waals surface area contributed by atoms with Crippen molar-refractivity contribution < 1.29 is 4.79 Å². The van der Waals surface area contributed by atoms with E-state index in [1.54, 1.807) is 0 Å². The molecular weight excluding hydrogens is 312 g/mol. The second-order valence-electron chi connectivity index (χ2n) is 4.22. The standard InChI is InChI=1S/C13H17BrN2OS/c14-12-3-1-11(2-4-12)13(17)15-5-6-16-7-9-18-10-8-16/h1-4H,5-10H2,(H,15,17). The highest BCUT2D eigenvalue weighted by Gasteiger charge is 2.10. The Kier molecular flexibility index (Phi) is 5.53. The molecule has 5 heteroatoms. The lowest BCUT2D eigenvalue weighted by Gasteiger charge is -2.25. The molecule has 0 saturated carbocycles. The molecule has 1 heterocycles. The highest BCUT2D eigenvalue weighted by molar-refractivity contribution is 9.10. The van der Waals surface area contributed by atoms with Gasteiger partial charge in [-0.05, 0) is 24.3 Å². The van der Waals surface area contributed by atoms with Gasteiger partial charge in [-0.3, -0.25) is 9.69 Å². The van der Waals surface area contributed by atoms with Crippen molar-refractivity contribution in [2.75, 3.05) is 37.7 Å². The summed E-state index contributed by atoms with van der Waals surface area (Å²) >= 11 is 5.36. The summed E-state index contributed by atoms with van der Waals surface area (Å²) < 4.78 is 0.991. The van der Waals surface area contributed by atoms with Crippen LogP contribution in [0.15, 0.2) is 28.7 Å². The number of nitrogens with one attached hydrogen (secondary N) is 1. The number of carbonyl (C=O) groups excluding carboxylic acids is 1. The van der Waals surface area contributed by atoms with E-state index in [-0.39, 0.29) is 5.91 Å². The zero-order chi connectivity index (χ0) is 12.8. The highest BCUT2D eigenvalue weighted by atomic mass is 79.9. The van der Waals surface area contributed by atoms with E-state index in [1.165, 1.54) is 11.5 Å². The van der Waals surface area contributed by atoms with Gasteiger partial charge in [-0.25, -0.2) is 0 Å². The molecular formula is C13H17BrN2OS. The van der Waals surface area contributed by atoms with Crippen LogP contribution in [0.4, 0.5) is 0 Å². The summed E-state index contributed by atoms with van der Waals surface area (Å²) in [6.45, 7) is 3.94. The van der Waals surface area contributed by atoms with E-state index < -0.39 is 0 Å². The van der Waals surface area contributed by atoms with Crippen LogP contribution in [0.5, 0.6) is 0 Å². The minimum absolute atomic E-state index is 0.00823. The summed E-state index contributed by atoms with van der Waals surface area (Å²) in [6.07, 6.45) is 0. The van der Waals surface area contributed by atoms with Crippen molar-refractivity contribution in [2.24, 2.45) is 0 Å². The van der Waals surface area contributed by atoms with Crippen molar-refractivity contribution in [3.05, 3.63) is 34.3 Å². The molecule has 1 aliphatic heterocycles. The second kappa shape index (κ2) is 7.16. The van der Waals surface area contributed by atoms with Crippen LogP contribution in [0.3, 0.4) is 0 Å². The molecule has 2 rings (SSSR count). The van der Waals surface area contributed by atoms with Crippen LogP contribution in [-0.2, 0) is 0 Å². The maximum atomic E-state index is 11.8. The van der Waals surface area contributed by atoms with Gasteiger partial charge in [0.25, 0.3) is 5.91 Å². The number of hydrogen-bond donors (Lipinski definition) is 1. The van der Waals surface area contributed by atoms with Crippen molar-refractivity contribution >= 4 is 33.6 Å². The van der Waals surface area contributed by atoms with Gasteiger partial charge in [0.2, 0.25) is 0 Å². The highest BCUT2D eigenvalue weighted by Crippen LogP contribution is 2.10. The lowest BCUT2D eigenvalue weighted by atomic mass is 10.2. The van der Waals surface area contributed by atoms with E-state index in [0.717, 1.165) is 30.7 Å². The Hall–Kier alpha value is -0.520. The predicted molar refractivity (Wildman–Crippen MR) is 80.2 cm³/mol. The number of hydrogen-bond acceptors (Lipinski definition) is 3. The number of benzene rings is 1. The van der Waals surface area contributed by atoms with E-state index in [2.05, 4.69) is 26.1 Å². The van der Waals surface area contributed by atoms with E-state index in [0.29, 0.717) is 5.56 Å². The summed E-state index contributed by atoms with van der Waals surface area (Å²) in [5, 5.41) is 2.96. The Morgan fingerprint density at radius 2 is 1.94 bits per heavy atom.